The van der Waals surface area contributed by atoms with Gasteiger partial charge in [-0.25, -0.2) is 9.79 Å². The molecule has 0 aliphatic rings. The quantitative estimate of drug-likeness (QED) is 0.623. The van der Waals surface area contributed by atoms with Gasteiger partial charge >= 0.3 is 0 Å². The standard InChI is InChI=1S/C12H11N3O/c16-9-13-7-6-11-8-14-15-12(11)10-4-2-1-3-5-10/h1-5,8H,6-7H2,(H,14,15). The first-order chi connectivity index (χ1) is 7.92. The maximum absolute atomic E-state index is 9.97. The Labute approximate surface area is 93.0 Å². The smallest absolute Gasteiger partial charge is 0.234 e. The Morgan fingerprint density at radius 1 is 1.31 bits per heavy atom. The summed E-state index contributed by atoms with van der Waals surface area (Å²) in [5.41, 5.74) is 3.14. The van der Waals surface area contributed by atoms with Crippen LogP contribution in [0.3, 0.4) is 0 Å². The van der Waals surface area contributed by atoms with Crippen molar-refractivity contribution in [3.8, 4) is 11.3 Å². The van der Waals surface area contributed by atoms with E-state index < -0.39 is 0 Å². The molecule has 0 unspecified atom stereocenters. The summed E-state index contributed by atoms with van der Waals surface area (Å²) in [6.45, 7) is 0.447. The average Bonchev–Trinajstić information content (AvgIpc) is 2.79. The zero-order valence-electron chi connectivity index (χ0n) is 8.68. The maximum atomic E-state index is 9.97. The second-order valence-electron chi connectivity index (χ2n) is 3.36. The first-order valence-corrected chi connectivity index (χ1v) is 5.03. The molecule has 0 saturated carbocycles. The van der Waals surface area contributed by atoms with E-state index in [1.54, 1.807) is 6.20 Å². The van der Waals surface area contributed by atoms with Gasteiger partial charge < -0.3 is 0 Å². The first-order valence-electron chi connectivity index (χ1n) is 5.03. The van der Waals surface area contributed by atoms with Gasteiger partial charge in [0.1, 0.15) is 0 Å². The Morgan fingerprint density at radius 2 is 2.12 bits per heavy atom. The third kappa shape index (κ3) is 2.24. The highest BCUT2D eigenvalue weighted by Crippen LogP contribution is 2.20. The van der Waals surface area contributed by atoms with E-state index in [9.17, 15) is 4.79 Å². The summed E-state index contributed by atoms with van der Waals surface area (Å²) in [5, 5.41) is 6.97. The van der Waals surface area contributed by atoms with Crippen LogP contribution < -0.4 is 0 Å². The van der Waals surface area contributed by atoms with Crippen LogP contribution in [0.2, 0.25) is 0 Å². The lowest BCUT2D eigenvalue weighted by atomic mass is 10.1. The predicted molar refractivity (Wildman–Crippen MR) is 60.7 cm³/mol. The molecule has 1 aromatic heterocycles. The van der Waals surface area contributed by atoms with Crippen LogP contribution >= 0.6 is 0 Å². The summed E-state index contributed by atoms with van der Waals surface area (Å²) in [4.78, 5) is 13.5. The molecule has 2 rings (SSSR count). The van der Waals surface area contributed by atoms with E-state index in [2.05, 4.69) is 15.2 Å². The molecule has 0 radical (unpaired) electrons. The fraction of sp³-hybridized carbons (Fsp3) is 0.167. The third-order valence-corrected chi connectivity index (χ3v) is 2.34. The van der Waals surface area contributed by atoms with Crippen molar-refractivity contribution in [1.29, 1.82) is 0 Å². The van der Waals surface area contributed by atoms with Crippen LogP contribution in [0, 0.1) is 0 Å². The second-order valence-corrected chi connectivity index (χ2v) is 3.36. The fourth-order valence-corrected chi connectivity index (χ4v) is 1.58. The zero-order chi connectivity index (χ0) is 11.2. The van der Waals surface area contributed by atoms with Crippen LogP contribution in [-0.2, 0) is 11.2 Å². The van der Waals surface area contributed by atoms with Gasteiger partial charge in [-0.1, -0.05) is 30.3 Å². The van der Waals surface area contributed by atoms with E-state index in [1.165, 1.54) is 6.08 Å². The van der Waals surface area contributed by atoms with Crippen LogP contribution in [0.25, 0.3) is 11.3 Å². The molecule has 0 atom stereocenters. The molecule has 0 amide bonds. The number of aliphatic imine (C=N–C) groups is 1. The van der Waals surface area contributed by atoms with Crippen LogP contribution in [0.15, 0.2) is 41.5 Å². The largest absolute Gasteiger partial charge is 0.278 e. The number of benzene rings is 1. The Kier molecular flexibility index (Phi) is 3.26. The summed E-state index contributed by atoms with van der Waals surface area (Å²) >= 11 is 0. The van der Waals surface area contributed by atoms with Gasteiger partial charge in [0, 0.05) is 0 Å². The lowest BCUT2D eigenvalue weighted by Crippen LogP contribution is -1.90. The number of rotatable bonds is 4. The highest BCUT2D eigenvalue weighted by Gasteiger charge is 2.06. The van der Waals surface area contributed by atoms with Gasteiger partial charge in [0.05, 0.1) is 18.4 Å². The molecule has 0 saturated heterocycles. The Bertz CT molecular complexity index is 498. The molecule has 16 heavy (non-hydrogen) atoms. The normalized spacial score (nSPS) is 9.75. The third-order valence-electron chi connectivity index (χ3n) is 2.34. The number of hydrogen-bond acceptors (Lipinski definition) is 3. The number of carbonyl (C=O) groups excluding carboxylic acids is 1. The van der Waals surface area contributed by atoms with Crippen molar-refractivity contribution in [1.82, 2.24) is 10.2 Å². The lowest BCUT2D eigenvalue weighted by Gasteiger charge is -2.00. The molecular weight excluding hydrogens is 202 g/mol. The average molecular weight is 213 g/mol. The molecule has 1 N–H and O–H groups in total. The van der Waals surface area contributed by atoms with E-state index in [1.807, 2.05) is 30.3 Å². The molecule has 0 spiro atoms. The molecule has 4 nitrogen and oxygen atoms in total. The van der Waals surface area contributed by atoms with E-state index in [0.29, 0.717) is 13.0 Å². The lowest BCUT2D eigenvalue weighted by molar-refractivity contribution is 0.563. The number of nitrogens with one attached hydrogen (secondary N) is 1. The number of nitrogens with zero attached hydrogens (tertiary/aromatic N) is 2. The molecule has 4 heteroatoms. The monoisotopic (exact) mass is 213 g/mol. The number of isocyanates is 1. The molecule has 0 aliphatic heterocycles. The van der Waals surface area contributed by atoms with E-state index in [0.717, 1.165) is 16.8 Å². The topological polar surface area (TPSA) is 58.1 Å². The van der Waals surface area contributed by atoms with E-state index in [4.69, 9.17) is 0 Å². The Balaban J connectivity index is 2.22. The van der Waals surface area contributed by atoms with Crippen molar-refractivity contribution >= 4 is 6.08 Å². The van der Waals surface area contributed by atoms with Crippen molar-refractivity contribution < 1.29 is 4.79 Å². The molecule has 1 aromatic carbocycles. The molecule has 0 bridgehead atoms. The Morgan fingerprint density at radius 3 is 2.88 bits per heavy atom. The maximum Gasteiger partial charge on any atom is 0.234 e. The van der Waals surface area contributed by atoms with Gasteiger partial charge in [0.25, 0.3) is 0 Å². The number of aromatic nitrogens is 2. The number of aromatic amines is 1. The molecule has 1 heterocycles. The van der Waals surface area contributed by atoms with Gasteiger partial charge in [0.15, 0.2) is 0 Å². The summed E-state index contributed by atoms with van der Waals surface area (Å²) in [7, 11) is 0. The summed E-state index contributed by atoms with van der Waals surface area (Å²) in [6.07, 6.45) is 3.99. The first kappa shape index (κ1) is 10.3. The second kappa shape index (κ2) is 5.05. The van der Waals surface area contributed by atoms with Gasteiger partial charge in [0.2, 0.25) is 6.08 Å². The van der Waals surface area contributed by atoms with Gasteiger partial charge in [-0.2, -0.15) is 5.10 Å². The molecule has 0 aliphatic carbocycles. The zero-order valence-corrected chi connectivity index (χ0v) is 8.68. The number of H-pyrrole nitrogens is 1. The number of hydrogen-bond donors (Lipinski definition) is 1. The SMILES string of the molecule is O=C=NCCc1cn[nH]c1-c1ccccc1. The fourth-order valence-electron chi connectivity index (χ4n) is 1.58. The minimum absolute atomic E-state index is 0.447. The van der Waals surface area contributed by atoms with E-state index in [-0.39, 0.29) is 0 Å². The molecule has 2 aromatic rings. The summed E-state index contributed by atoms with van der Waals surface area (Å²) in [6, 6.07) is 9.95. The predicted octanol–water partition coefficient (Wildman–Crippen LogP) is 1.95. The molecule has 0 fully saturated rings. The van der Waals surface area contributed by atoms with Crippen molar-refractivity contribution in [2.45, 2.75) is 6.42 Å². The summed E-state index contributed by atoms with van der Waals surface area (Å²) < 4.78 is 0. The van der Waals surface area contributed by atoms with Crippen molar-refractivity contribution in [2.24, 2.45) is 4.99 Å². The van der Waals surface area contributed by atoms with Crippen LogP contribution in [0.1, 0.15) is 5.56 Å². The van der Waals surface area contributed by atoms with Crippen LogP contribution in [-0.4, -0.2) is 22.8 Å². The highest BCUT2D eigenvalue weighted by atomic mass is 16.1. The summed E-state index contributed by atoms with van der Waals surface area (Å²) in [5.74, 6) is 0. The van der Waals surface area contributed by atoms with Gasteiger partial charge in [-0.05, 0) is 17.5 Å². The van der Waals surface area contributed by atoms with E-state index >= 15 is 0 Å². The molecular formula is C12H11N3O. The minimum atomic E-state index is 0.447. The van der Waals surface area contributed by atoms with Crippen molar-refractivity contribution in [3.05, 3.63) is 42.1 Å². The molecule has 80 valence electrons. The Hall–Kier alpha value is -2.19. The van der Waals surface area contributed by atoms with Crippen molar-refractivity contribution in [2.75, 3.05) is 6.54 Å². The van der Waals surface area contributed by atoms with Crippen LogP contribution in [0.4, 0.5) is 0 Å². The minimum Gasteiger partial charge on any atom is -0.278 e. The van der Waals surface area contributed by atoms with Gasteiger partial charge in [-0.15, -0.1) is 0 Å². The van der Waals surface area contributed by atoms with Crippen LogP contribution in [0.5, 0.6) is 0 Å². The van der Waals surface area contributed by atoms with Gasteiger partial charge in [-0.3, -0.25) is 5.10 Å². The highest BCUT2D eigenvalue weighted by molar-refractivity contribution is 5.62. The van der Waals surface area contributed by atoms with Crippen molar-refractivity contribution in [3.63, 3.8) is 0 Å².